The van der Waals surface area contributed by atoms with Crippen molar-refractivity contribution >= 4 is 16.6 Å². The largest absolute Gasteiger partial charge is 0.355 e. The minimum Gasteiger partial charge on any atom is -0.355 e. The molecule has 2 heterocycles. The normalized spacial score (nSPS) is 17.4. The monoisotopic (exact) mass is 253 g/mol. The van der Waals surface area contributed by atoms with E-state index in [1.165, 1.54) is 5.56 Å². The van der Waals surface area contributed by atoms with Crippen molar-refractivity contribution in [3.05, 3.63) is 23.9 Å². The van der Waals surface area contributed by atoms with Crippen molar-refractivity contribution in [1.29, 1.82) is 0 Å². The van der Waals surface area contributed by atoms with Gasteiger partial charge in [-0.25, -0.2) is 4.98 Å². The Hall–Kier alpha value is -0.940. The van der Waals surface area contributed by atoms with Gasteiger partial charge in [0.15, 0.2) is 0 Å². The first kappa shape index (κ1) is 12.5. The molecule has 0 spiro atoms. The molecule has 1 aliphatic rings. The lowest BCUT2D eigenvalue weighted by atomic mass is 10.2. The molecule has 1 fully saturated rings. The second-order valence-corrected chi connectivity index (χ2v) is 5.80. The Kier molecular flexibility index (Phi) is 4.50. The zero-order valence-electron chi connectivity index (χ0n) is 10.2. The minimum atomic E-state index is -0.632. The van der Waals surface area contributed by atoms with Gasteiger partial charge in [0.05, 0.1) is 0 Å². The minimum absolute atomic E-state index is 0.632. The zero-order valence-corrected chi connectivity index (χ0v) is 11.0. The van der Waals surface area contributed by atoms with E-state index in [4.69, 9.17) is 0 Å². The molecule has 1 aromatic rings. The van der Waals surface area contributed by atoms with Crippen LogP contribution in [-0.4, -0.2) is 40.3 Å². The van der Waals surface area contributed by atoms with E-state index < -0.39 is 10.8 Å². The van der Waals surface area contributed by atoms with Crippen LogP contribution in [0.15, 0.2) is 18.3 Å². The van der Waals surface area contributed by atoms with Gasteiger partial charge in [-0.3, -0.25) is 4.21 Å². The lowest BCUT2D eigenvalue weighted by Crippen LogP contribution is -2.39. The molecular weight excluding hydrogens is 234 g/mol. The van der Waals surface area contributed by atoms with Crippen LogP contribution >= 0.6 is 0 Å². The van der Waals surface area contributed by atoms with Crippen LogP contribution in [0.4, 0.5) is 5.82 Å². The van der Waals surface area contributed by atoms with Gasteiger partial charge in [-0.15, -0.1) is 0 Å². The SMILES string of the molecule is CCNCc1cccnc1N1CCS(=O)CC1. The molecule has 94 valence electrons. The molecule has 0 aliphatic carbocycles. The van der Waals surface area contributed by atoms with Gasteiger partial charge in [-0.05, 0) is 12.6 Å². The molecule has 1 N–H and O–H groups in total. The average molecular weight is 253 g/mol. The Morgan fingerprint density at radius 1 is 1.47 bits per heavy atom. The average Bonchev–Trinajstić information content (AvgIpc) is 2.38. The lowest BCUT2D eigenvalue weighted by Gasteiger charge is -2.29. The highest BCUT2D eigenvalue weighted by atomic mass is 32.2. The van der Waals surface area contributed by atoms with Crippen LogP contribution in [0.5, 0.6) is 0 Å². The lowest BCUT2D eigenvalue weighted by molar-refractivity contribution is 0.670. The summed E-state index contributed by atoms with van der Waals surface area (Å²) in [4.78, 5) is 6.71. The van der Waals surface area contributed by atoms with Gasteiger partial charge in [0.1, 0.15) is 5.82 Å². The third kappa shape index (κ3) is 3.26. The van der Waals surface area contributed by atoms with Crippen LogP contribution in [0.3, 0.4) is 0 Å². The fourth-order valence-corrected chi connectivity index (χ4v) is 3.01. The van der Waals surface area contributed by atoms with Gasteiger partial charge in [0.25, 0.3) is 0 Å². The number of aromatic nitrogens is 1. The van der Waals surface area contributed by atoms with Crippen molar-refractivity contribution in [2.24, 2.45) is 0 Å². The topological polar surface area (TPSA) is 45.2 Å². The fourth-order valence-electron chi connectivity index (χ4n) is 1.96. The number of hydrogen-bond acceptors (Lipinski definition) is 4. The fraction of sp³-hybridized carbons (Fsp3) is 0.583. The molecule has 0 bridgehead atoms. The van der Waals surface area contributed by atoms with Crippen molar-refractivity contribution in [3.8, 4) is 0 Å². The van der Waals surface area contributed by atoms with Crippen molar-refractivity contribution < 1.29 is 4.21 Å². The number of anilines is 1. The molecule has 0 unspecified atom stereocenters. The van der Waals surface area contributed by atoms with E-state index in [0.29, 0.717) is 0 Å². The first-order valence-corrected chi connectivity index (χ1v) is 7.54. The van der Waals surface area contributed by atoms with Gasteiger partial charge in [0, 0.05) is 53.7 Å². The molecule has 4 nitrogen and oxygen atoms in total. The number of rotatable bonds is 4. The van der Waals surface area contributed by atoms with Crippen LogP contribution in [0.1, 0.15) is 12.5 Å². The second kappa shape index (κ2) is 6.12. The third-order valence-corrected chi connectivity index (χ3v) is 4.19. The van der Waals surface area contributed by atoms with E-state index in [0.717, 1.165) is 43.5 Å². The van der Waals surface area contributed by atoms with Gasteiger partial charge in [-0.1, -0.05) is 13.0 Å². The maximum Gasteiger partial charge on any atom is 0.133 e. The maximum atomic E-state index is 11.3. The van der Waals surface area contributed by atoms with E-state index in [2.05, 4.69) is 28.2 Å². The van der Waals surface area contributed by atoms with Crippen molar-refractivity contribution in [1.82, 2.24) is 10.3 Å². The molecule has 0 aromatic carbocycles. The van der Waals surface area contributed by atoms with Crippen molar-refractivity contribution in [2.75, 3.05) is 36.0 Å². The van der Waals surface area contributed by atoms with Crippen LogP contribution in [0, 0.1) is 0 Å². The molecule has 1 saturated heterocycles. The zero-order chi connectivity index (χ0) is 12.1. The molecule has 5 heteroatoms. The summed E-state index contributed by atoms with van der Waals surface area (Å²) >= 11 is 0. The summed E-state index contributed by atoms with van der Waals surface area (Å²) in [7, 11) is -0.632. The maximum absolute atomic E-state index is 11.3. The summed E-state index contributed by atoms with van der Waals surface area (Å²) in [6.45, 7) is 5.60. The molecule has 1 aromatic heterocycles. The van der Waals surface area contributed by atoms with Gasteiger partial charge in [0.2, 0.25) is 0 Å². The van der Waals surface area contributed by atoms with Gasteiger partial charge in [-0.2, -0.15) is 0 Å². The van der Waals surface area contributed by atoms with Crippen LogP contribution < -0.4 is 10.2 Å². The number of pyridine rings is 1. The quantitative estimate of drug-likeness (QED) is 0.860. The Labute approximate surface area is 105 Å². The Morgan fingerprint density at radius 3 is 2.94 bits per heavy atom. The molecule has 1 aliphatic heterocycles. The second-order valence-electron chi connectivity index (χ2n) is 4.10. The molecule has 0 radical (unpaired) electrons. The summed E-state index contributed by atoms with van der Waals surface area (Å²) in [5.41, 5.74) is 1.22. The molecule has 0 atom stereocenters. The standard InChI is InChI=1S/C12H19N3OS/c1-2-13-10-11-4-3-5-14-12(11)15-6-8-17(16)9-7-15/h3-5,13H,2,6-10H2,1H3. The predicted octanol–water partition coefficient (Wildman–Crippen LogP) is 0.760. The van der Waals surface area contributed by atoms with Crippen molar-refractivity contribution in [3.63, 3.8) is 0 Å². The van der Waals surface area contributed by atoms with Gasteiger partial charge < -0.3 is 10.2 Å². The predicted molar refractivity (Wildman–Crippen MR) is 71.7 cm³/mol. The molecular formula is C12H19N3OS. The summed E-state index contributed by atoms with van der Waals surface area (Å²) in [6, 6.07) is 4.08. The summed E-state index contributed by atoms with van der Waals surface area (Å²) in [5.74, 6) is 2.57. The smallest absolute Gasteiger partial charge is 0.133 e. The number of nitrogens with zero attached hydrogens (tertiary/aromatic N) is 2. The number of hydrogen-bond donors (Lipinski definition) is 1. The molecule has 0 saturated carbocycles. The Bertz CT molecular complexity index is 387. The summed E-state index contributed by atoms with van der Waals surface area (Å²) in [6.07, 6.45) is 1.83. The Morgan fingerprint density at radius 2 is 2.24 bits per heavy atom. The molecule has 2 rings (SSSR count). The number of nitrogens with one attached hydrogen (secondary N) is 1. The molecule has 0 amide bonds. The first-order chi connectivity index (χ1) is 8.31. The summed E-state index contributed by atoms with van der Waals surface area (Å²) in [5, 5.41) is 3.33. The van der Waals surface area contributed by atoms with Crippen LogP contribution in [-0.2, 0) is 17.3 Å². The highest BCUT2D eigenvalue weighted by Gasteiger charge is 2.18. The van der Waals surface area contributed by atoms with E-state index in [1.54, 1.807) is 0 Å². The highest BCUT2D eigenvalue weighted by molar-refractivity contribution is 7.85. The Balaban J connectivity index is 2.10. The van der Waals surface area contributed by atoms with E-state index in [1.807, 2.05) is 12.3 Å². The summed E-state index contributed by atoms with van der Waals surface area (Å²) < 4.78 is 11.3. The van der Waals surface area contributed by atoms with E-state index >= 15 is 0 Å². The molecule has 17 heavy (non-hydrogen) atoms. The van der Waals surface area contributed by atoms with Crippen molar-refractivity contribution in [2.45, 2.75) is 13.5 Å². The third-order valence-electron chi connectivity index (χ3n) is 2.91. The highest BCUT2D eigenvalue weighted by Crippen LogP contribution is 2.18. The van der Waals surface area contributed by atoms with Crippen LogP contribution in [0.25, 0.3) is 0 Å². The van der Waals surface area contributed by atoms with E-state index in [-0.39, 0.29) is 0 Å². The van der Waals surface area contributed by atoms with Gasteiger partial charge >= 0.3 is 0 Å². The first-order valence-electron chi connectivity index (χ1n) is 6.05. The van der Waals surface area contributed by atoms with E-state index in [9.17, 15) is 4.21 Å². The van der Waals surface area contributed by atoms with Crippen LogP contribution in [0.2, 0.25) is 0 Å².